The minimum atomic E-state index is -0.651. The minimum Gasteiger partial charge on any atom is -0.390 e. The monoisotopic (exact) mass is 382 g/mol. The van der Waals surface area contributed by atoms with E-state index < -0.39 is 5.60 Å². The molecule has 28 heavy (non-hydrogen) atoms. The number of imidazole rings is 1. The third kappa shape index (κ3) is 3.22. The zero-order chi connectivity index (χ0) is 19.9. The molecular weight excluding hydrogens is 351 g/mol. The Morgan fingerprint density at radius 1 is 1.32 bits per heavy atom. The van der Waals surface area contributed by atoms with Crippen molar-refractivity contribution >= 4 is 6.08 Å². The highest BCUT2D eigenvalue weighted by Gasteiger charge is 2.50. The summed E-state index contributed by atoms with van der Waals surface area (Å²) in [5.74, 6) is 0.0172. The molecule has 0 bridgehead atoms. The summed E-state index contributed by atoms with van der Waals surface area (Å²) in [5, 5.41) is 11.3. The normalized spacial score (nSPS) is 26.2. The Morgan fingerprint density at radius 2 is 2.07 bits per heavy atom. The summed E-state index contributed by atoms with van der Waals surface area (Å²) >= 11 is 0. The second-order valence-electron chi connectivity index (χ2n) is 9.11. The van der Waals surface area contributed by atoms with E-state index in [2.05, 4.69) is 29.5 Å². The molecule has 1 aliphatic heterocycles. The van der Waals surface area contributed by atoms with Crippen LogP contribution in [0.3, 0.4) is 0 Å². The van der Waals surface area contributed by atoms with E-state index >= 15 is 0 Å². The van der Waals surface area contributed by atoms with Crippen LogP contribution in [0.5, 0.6) is 0 Å². The second-order valence-corrected chi connectivity index (χ2v) is 9.11. The van der Waals surface area contributed by atoms with Crippen molar-refractivity contribution in [3.05, 3.63) is 47.7 Å². The average Bonchev–Trinajstić information content (AvgIpc) is 3.06. The van der Waals surface area contributed by atoms with E-state index in [1.807, 2.05) is 13.3 Å². The molecule has 2 aliphatic rings. The van der Waals surface area contributed by atoms with Crippen LogP contribution in [0.25, 0.3) is 17.3 Å². The van der Waals surface area contributed by atoms with Crippen LogP contribution in [-0.2, 0) is 6.54 Å². The van der Waals surface area contributed by atoms with Crippen molar-refractivity contribution in [1.29, 1.82) is 0 Å². The molecule has 150 valence electrons. The molecular formula is C24H31FN2O. The predicted molar refractivity (Wildman–Crippen MR) is 111 cm³/mol. The van der Waals surface area contributed by atoms with Gasteiger partial charge < -0.3 is 9.67 Å². The van der Waals surface area contributed by atoms with Crippen molar-refractivity contribution in [2.45, 2.75) is 71.4 Å². The predicted octanol–water partition coefficient (Wildman–Crippen LogP) is 5.83. The summed E-state index contributed by atoms with van der Waals surface area (Å²) in [4.78, 5) is 4.66. The summed E-state index contributed by atoms with van der Waals surface area (Å²) < 4.78 is 15.5. The molecule has 0 amide bonds. The van der Waals surface area contributed by atoms with E-state index in [4.69, 9.17) is 0 Å². The number of hydrogen-bond acceptors (Lipinski definition) is 2. The second kappa shape index (κ2) is 7.14. The first-order chi connectivity index (χ1) is 13.3. The van der Waals surface area contributed by atoms with Gasteiger partial charge in [0.1, 0.15) is 5.82 Å². The van der Waals surface area contributed by atoms with Gasteiger partial charge in [0.15, 0.2) is 0 Å². The Kier molecular flexibility index (Phi) is 4.95. The minimum absolute atomic E-state index is 0.0523. The van der Waals surface area contributed by atoms with Crippen LogP contribution in [0.1, 0.15) is 65.0 Å². The summed E-state index contributed by atoms with van der Waals surface area (Å²) in [7, 11) is 0. The SMILES string of the molecule is CCCCC(C)(O)C1CCCC2=Cc3c(-c4ccc(F)cc4)ncn3CC21C. The lowest BCUT2D eigenvalue weighted by molar-refractivity contribution is -0.0722. The van der Waals surface area contributed by atoms with E-state index in [9.17, 15) is 9.50 Å². The number of fused-ring (bicyclic) bond motifs is 2. The molecule has 1 fully saturated rings. The van der Waals surface area contributed by atoms with Crippen LogP contribution in [0, 0.1) is 17.2 Å². The maximum absolute atomic E-state index is 13.3. The summed E-state index contributed by atoms with van der Waals surface area (Å²) in [6, 6.07) is 6.57. The van der Waals surface area contributed by atoms with Crippen molar-refractivity contribution in [3.8, 4) is 11.3 Å². The van der Waals surface area contributed by atoms with E-state index in [-0.39, 0.29) is 17.2 Å². The fourth-order valence-electron chi connectivity index (χ4n) is 5.50. The standard InChI is InChI=1S/C24H31FN2O/c1-4-5-13-24(3,28)21-8-6-7-18-14-20-22(17-9-11-19(25)12-10-17)26-16-27(20)15-23(18,21)2/h9-12,14,16,21,28H,4-8,13,15H2,1-3H3. The molecule has 2 heterocycles. The molecule has 1 N–H and O–H groups in total. The van der Waals surface area contributed by atoms with Crippen LogP contribution in [-0.4, -0.2) is 20.3 Å². The maximum Gasteiger partial charge on any atom is 0.123 e. The molecule has 3 nitrogen and oxygen atoms in total. The van der Waals surface area contributed by atoms with E-state index in [0.29, 0.717) is 0 Å². The number of benzene rings is 1. The van der Waals surface area contributed by atoms with Gasteiger partial charge in [-0.2, -0.15) is 0 Å². The lowest BCUT2D eigenvalue weighted by Gasteiger charge is -2.51. The Morgan fingerprint density at radius 3 is 2.79 bits per heavy atom. The largest absolute Gasteiger partial charge is 0.390 e. The van der Waals surface area contributed by atoms with Crippen molar-refractivity contribution < 1.29 is 9.50 Å². The van der Waals surface area contributed by atoms with E-state index in [1.54, 1.807) is 12.1 Å². The van der Waals surface area contributed by atoms with Crippen molar-refractivity contribution in [1.82, 2.24) is 9.55 Å². The number of allylic oxidation sites excluding steroid dienone is 1. The molecule has 0 spiro atoms. The average molecular weight is 383 g/mol. The van der Waals surface area contributed by atoms with Crippen LogP contribution in [0.15, 0.2) is 36.2 Å². The number of aliphatic hydroxyl groups is 1. The first-order valence-corrected chi connectivity index (χ1v) is 10.6. The highest BCUT2D eigenvalue weighted by atomic mass is 19.1. The van der Waals surface area contributed by atoms with Crippen LogP contribution >= 0.6 is 0 Å². The van der Waals surface area contributed by atoms with Crippen molar-refractivity contribution in [2.24, 2.45) is 11.3 Å². The fourth-order valence-corrected chi connectivity index (χ4v) is 5.50. The van der Waals surface area contributed by atoms with Gasteiger partial charge in [0, 0.05) is 17.5 Å². The van der Waals surface area contributed by atoms with E-state index in [1.165, 1.54) is 17.7 Å². The number of rotatable bonds is 5. The van der Waals surface area contributed by atoms with Gasteiger partial charge in [0.05, 0.1) is 23.3 Å². The quantitative estimate of drug-likeness (QED) is 0.706. The molecule has 0 saturated heterocycles. The third-order valence-electron chi connectivity index (χ3n) is 7.03. The lowest BCUT2D eigenvalue weighted by atomic mass is 9.57. The Balaban J connectivity index is 1.71. The number of nitrogens with zero attached hydrogens (tertiary/aromatic N) is 2. The highest BCUT2D eigenvalue weighted by molar-refractivity contribution is 5.72. The molecule has 3 unspecified atom stereocenters. The lowest BCUT2D eigenvalue weighted by Crippen LogP contribution is -2.50. The summed E-state index contributed by atoms with van der Waals surface area (Å²) in [6.45, 7) is 7.38. The fraction of sp³-hybridized carbons (Fsp3) is 0.542. The Hall–Kier alpha value is -1.94. The first kappa shape index (κ1) is 19.4. The summed E-state index contributed by atoms with van der Waals surface area (Å²) in [6.07, 6.45) is 10.5. The zero-order valence-corrected chi connectivity index (χ0v) is 17.2. The Labute approximate surface area is 167 Å². The molecule has 4 heteroatoms. The molecule has 1 aromatic carbocycles. The number of aromatic nitrogens is 2. The van der Waals surface area contributed by atoms with Gasteiger partial charge in [0.25, 0.3) is 0 Å². The van der Waals surface area contributed by atoms with Crippen LogP contribution in [0.2, 0.25) is 0 Å². The third-order valence-corrected chi connectivity index (χ3v) is 7.03. The smallest absolute Gasteiger partial charge is 0.123 e. The van der Waals surface area contributed by atoms with Gasteiger partial charge in [-0.3, -0.25) is 0 Å². The number of unbranched alkanes of at least 4 members (excludes halogenated alkanes) is 1. The molecule has 1 aliphatic carbocycles. The highest BCUT2D eigenvalue weighted by Crippen LogP contribution is 2.54. The molecule has 1 saturated carbocycles. The van der Waals surface area contributed by atoms with Gasteiger partial charge in [-0.25, -0.2) is 9.37 Å². The Bertz CT molecular complexity index is 881. The molecule has 1 aromatic heterocycles. The number of hydrogen-bond donors (Lipinski definition) is 1. The molecule has 4 rings (SSSR count). The topological polar surface area (TPSA) is 38.1 Å². The van der Waals surface area contributed by atoms with Gasteiger partial charge in [-0.05, 0) is 68.9 Å². The summed E-state index contributed by atoms with van der Waals surface area (Å²) in [5.41, 5.74) is 3.68. The van der Waals surface area contributed by atoms with Gasteiger partial charge >= 0.3 is 0 Å². The van der Waals surface area contributed by atoms with Crippen LogP contribution < -0.4 is 0 Å². The molecule has 2 aromatic rings. The van der Waals surface area contributed by atoms with Gasteiger partial charge in [-0.15, -0.1) is 0 Å². The van der Waals surface area contributed by atoms with Crippen molar-refractivity contribution in [3.63, 3.8) is 0 Å². The van der Waals surface area contributed by atoms with Gasteiger partial charge in [0.2, 0.25) is 0 Å². The van der Waals surface area contributed by atoms with Gasteiger partial charge in [-0.1, -0.05) is 32.3 Å². The molecule has 3 atom stereocenters. The zero-order valence-electron chi connectivity index (χ0n) is 17.2. The van der Waals surface area contributed by atoms with E-state index in [0.717, 1.165) is 62.0 Å². The number of halogens is 1. The van der Waals surface area contributed by atoms with Crippen LogP contribution in [0.4, 0.5) is 4.39 Å². The van der Waals surface area contributed by atoms with Crippen molar-refractivity contribution in [2.75, 3.05) is 0 Å². The first-order valence-electron chi connectivity index (χ1n) is 10.6. The maximum atomic E-state index is 13.3. The molecule has 0 radical (unpaired) electrons.